The zero-order chi connectivity index (χ0) is 18.6. The van der Waals surface area contributed by atoms with Gasteiger partial charge in [-0.2, -0.15) is 9.57 Å². The quantitative estimate of drug-likeness (QED) is 0.669. The van der Waals surface area contributed by atoms with Crippen LogP contribution in [0.1, 0.15) is 17.5 Å². The van der Waals surface area contributed by atoms with E-state index in [0.717, 1.165) is 16.5 Å². The van der Waals surface area contributed by atoms with E-state index >= 15 is 0 Å². The van der Waals surface area contributed by atoms with Gasteiger partial charge in [-0.3, -0.25) is 9.97 Å². The Morgan fingerprint density at radius 1 is 1.19 bits per heavy atom. The van der Waals surface area contributed by atoms with E-state index in [1.165, 1.54) is 4.31 Å². The van der Waals surface area contributed by atoms with Crippen molar-refractivity contribution < 1.29 is 8.42 Å². The van der Waals surface area contributed by atoms with Gasteiger partial charge in [0.05, 0.1) is 11.6 Å². The molecule has 0 radical (unpaired) electrons. The van der Waals surface area contributed by atoms with Gasteiger partial charge in [0.1, 0.15) is 4.90 Å². The Bertz CT molecular complexity index is 1060. The zero-order valence-electron chi connectivity index (χ0n) is 14.3. The molecule has 0 aliphatic heterocycles. The van der Waals surface area contributed by atoms with Crippen LogP contribution in [0.2, 0.25) is 0 Å². The van der Waals surface area contributed by atoms with Gasteiger partial charge in [0.15, 0.2) is 0 Å². The van der Waals surface area contributed by atoms with Gasteiger partial charge in [0.25, 0.3) is 0 Å². The van der Waals surface area contributed by atoms with Crippen LogP contribution in [-0.4, -0.2) is 29.2 Å². The highest BCUT2D eigenvalue weighted by atomic mass is 32.2. The average molecular weight is 366 g/mol. The van der Waals surface area contributed by atoms with Crippen molar-refractivity contribution in [3.63, 3.8) is 0 Å². The maximum atomic E-state index is 13.3. The minimum Gasteiger partial charge on any atom is -0.264 e. The summed E-state index contributed by atoms with van der Waals surface area (Å²) in [6.45, 7) is 2.17. The third-order valence-corrected chi connectivity index (χ3v) is 5.86. The van der Waals surface area contributed by atoms with E-state index in [2.05, 4.69) is 9.97 Å². The first-order valence-electron chi connectivity index (χ1n) is 8.14. The number of rotatable bonds is 6. The molecule has 0 bridgehead atoms. The zero-order valence-corrected chi connectivity index (χ0v) is 15.1. The van der Waals surface area contributed by atoms with Gasteiger partial charge in [-0.1, -0.05) is 18.2 Å². The minimum absolute atomic E-state index is 0.107. The maximum Gasteiger partial charge on any atom is 0.245 e. The standard InChI is InChI=1S/C19H18N4O2S/c1-15-11-17-6-2-7-18(19(17)22-12-15)26(24,25)23(10-4-8-20)14-16-5-3-9-21-13-16/h2-3,5-7,9,11-13H,4,10,14H2,1H3. The monoisotopic (exact) mass is 366 g/mol. The maximum absolute atomic E-state index is 13.3. The van der Waals surface area contributed by atoms with Gasteiger partial charge in [-0.15, -0.1) is 0 Å². The van der Waals surface area contributed by atoms with Crippen LogP contribution >= 0.6 is 0 Å². The molecule has 0 fully saturated rings. The Labute approximate surface area is 152 Å². The molecule has 0 aliphatic rings. The van der Waals surface area contributed by atoms with Crippen LogP contribution in [-0.2, 0) is 16.6 Å². The molecule has 2 heterocycles. The molecule has 1 aromatic carbocycles. The summed E-state index contributed by atoms with van der Waals surface area (Å²) in [6.07, 6.45) is 5.02. The van der Waals surface area contributed by atoms with Crippen LogP contribution < -0.4 is 0 Å². The topological polar surface area (TPSA) is 87.0 Å². The minimum atomic E-state index is -3.82. The second-order valence-electron chi connectivity index (χ2n) is 5.95. The number of hydrogen-bond donors (Lipinski definition) is 0. The molecule has 0 atom stereocenters. The van der Waals surface area contributed by atoms with Crippen LogP contribution in [0.4, 0.5) is 0 Å². The Balaban J connectivity index is 2.06. The summed E-state index contributed by atoms with van der Waals surface area (Å²) >= 11 is 0. The van der Waals surface area contributed by atoms with E-state index in [-0.39, 0.29) is 24.4 Å². The molecule has 3 aromatic rings. The number of aryl methyl sites for hydroxylation is 1. The van der Waals surface area contributed by atoms with Crippen molar-refractivity contribution in [2.45, 2.75) is 24.8 Å². The number of para-hydroxylation sites is 1. The molecule has 0 spiro atoms. The normalized spacial score (nSPS) is 11.6. The van der Waals surface area contributed by atoms with Crippen molar-refractivity contribution in [2.24, 2.45) is 0 Å². The fourth-order valence-electron chi connectivity index (χ4n) is 2.74. The largest absolute Gasteiger partial charge is 0.264 e. The third kappa shape index (κ3) is 3.72. The Kier molecular flexibility index (Phi) is 5.26. The van der Waals surface area contributed by atoms with E-state index < -0.39 is 10.0 Å². The van der Waals surface area contributed by atoms with Crippen molar-refractivity contribution in [1.29, 1.82) is 5.26 Å². The summed E-state index contributed by atoms with van der Waals surface area (Å²) in [7, 11) is -3.82. The number of sulfonamides is 1. The van der Waals surface area contributed by atoms with Gasteiger partial charge in [-0.25, -0.2) is 8.42 Å². The third-order valence-electron chi connectivity index (χ3n) is 3.98. The Morgan fingerprint density at radius 3 is 2.77 bits per heavy atom. The number of aromatic nitrogens is 2. The predicted octanol–water partition coefficient (Wildman–Crippen LogP) is 3.04. The molecule has 2 aromatic heterocycles. The lowest BCUT2D eigenvalue weighted by atomic mass is 10.2. The predicted molar refractivity (Wildman–Crippen MR) is 98.5 cm³/mol. The number of fused-ring (bicyclic) bond motifs is 1. The number of pyridine rings is 2. The lowest BCUT2D eigenvalue weighted by Gasteiger charge is -2.22. The van der Waals surface area contributed by atoms with Crippen molar-refractivity contribution in [1.82, 2.24) is 14.3 Å². The summed E-state index contributed by atoms with van der Waals surface area (Å²) in [5.41, 5.74) is 2.16. The van der Waals surface area contributed by atoms with Gasteiger partial charge in [0.2, 0.25) is 10.0 Å². The molecule has 132 valence electrons. The fraction of sp³-hybridized carbons (Fsp3) is 0.211. The first kappa shape index (κ1) is 18.0. The van der Waals surface area contributed by atoms with Crippen molar-refractivity contribution in [2.75, 3.05) is 6.54 Å². The lowest BCUT2D eigenvalue weighted by Crippen LogP contribution is -2.31. The highest BCUT2D eigenvalue weighted by Gasteiger charge is 2.27. The molecule has 0 saturated carbocycles. The molecular formula is C19H18N4O2S. The van der Waals surface area contributed by atoms with E-state index in [4.69, 9.17) is 5.26 Å². The number of nitrogens with zero attached hydrogens (tertiary/aromatic N) is 4. The summed E-state index contributed by atoms with van der Waals surface area (Å²) < 4.78 is 27.9. The number of hydrogen-bond acceptors (Lipinski definition) is 5. The molecule has 26 heavy (non-hydrogen) atoms. The first-order chi connectivity index (χ1) is 12.5. The smallest absolute Gasteiger partial charge is 0.245 e. The van der Waals surface area contributed by atoms with E-state index in [1.807, 2.05) is 31.2 Å². The summed E-state index contributed by atoms with van der Waals surface area (Å²) in [6, 6.07) is 12.6. The highest BCUT2D eigenvalue weighted by Crippen LogP contribution is 2.26. The average Bonchev–Trinajstić information content (AvgIpc) is 2.65. The Hall–Kier alpha value is -2.82. The fourth-order valence-corrected chi connectivity index (χ4v) is 4.34. The highest BCUT2D eigenvalue weighted by molar-refractivity contribution is 7.89. The van der Waals surface area contributed by atoms with Crippen molar-refractivity contribution >= 4 is 20.9 Å². The van der Waals surface area contributed by atoms with E-state index in [9.17, 15) is 8.42 Å². The molecule has 0 unspecified atom stereocenters. The van der Waals surface area contributed by atoms with E-state index in [1.54, 1.807) is 36.8 Å². The van der Waals surface area contributed by atoms with Crippen LogP contribution in [0.25, 0.3) is 10.9 Å². The molecule has 0 saturated heterocycles. The first-order valence-corrected chi connectivity index (χ1v) is 9.58. The van der Waals surface area contributed by atoms with Crippen molar-refractivity contribution in [3.05, 3.63) is 66.1 Å². The summed E-state index contributed by atoms with van der Waals surface area (Å²) in [5, 5.41) is 9.69. The SMILES string of the molecule is Cc1cnc2c(S(=O)(=O)N(CCC#N)Cc3cccnc3)cccc2c1. The van der Waals surface area contributed by atoms with Crippen LogP contribution in [0.3, 0.4) is 0 Å². The molecule has 6 nitrogen and oxygen atoms in total. The number of nitriles is 1. The summed E-state index contributed by atoms with van der Waals surface area (Å²) in [5.74, 6) is 0. The Morgan fingerprint density at radius 2 is 2.04 bits per heavy atom. The second-order valence-corrected chi connectivity index (χ2v) is 7.85. The van der Waals surface area contributed by atoms with Crippen molar-refractivity contribution in [3.8, 4) is 6.07 Å². The molecule has 3 rings (SSSR count). The molecule has 7 heteroatoms. The van der Waals surface area contributed by atoms with Gasteiger partial charge in [-0.05, 0) is 36.2 Å². The molecular weight excluding hydrogens is 348 g/mol. The molecule has 0 N–H and O–H groups in total. The van der Waals surface area contributed by atoms with Gasteiger partial charge in [0, 0.05) is 43.5 Å². The van der Waals surface area contributed by atoms with Crippen LogP contribution in [0.5, 0.6) is 0 Å². The van der Waals surface area contributed by atoms with Gasteiger partial charge < -0.3 is 0 Å². The van der Waals surface area contributed by atoms with E-state index in [0.29, 0.717) is 5.52 Å². The molecule has 0 amide bonds. The second kappa shape index (κ2) is 7.60. The summed E-state index contributed by atoms with van der Waals surface area (Å²) in [4.78, 5) is 8.52. The van der Waals surface area contributed by atoms with Gasteiger partial charge >= 0.3 is 0 Å². The van der Waals surface area contributed by atoms with Crippen LogP contribution in [0, 0.1) is 18.3 Å². The lowest BCUT2D eigenvalue weighted by molar-refractivity contribution is 0.413. The number of benzene rings is 1. The molecule has 0 aliphatic carbocycles. The van der Waals surface area contributed by atoms with Crippen LogP contribution in [0.15, 0.2) is 59.9 Å².